The van der Waals surface area contributed by atoms with Gasteiger partial charge in [0.1, 0.15) is 0 Å². The number of hydrogen-bond acceptors (Lipinski definition) is 4. The molecule has 1 rings (SSSR count). The maximum absolute atomic E-state index is 11.5. The predicted molar refractivity (Wildman–Crippen MR) is 79.8 cm³/mol. The molecule has 1 saturated heterocycles. The summed E-state index contributed by atoms with van der Waals surface area (Å²) in [6.07, 6.45) is 3.03. The lowest BCUT2D eigenvalue weighted by Crippen LogP contribution is -2.46. The molecule has 0 aromatic carbocycles. The third kappa shape index (κ3) is 9.90. The number of ether oxygens (including phenoxy) is 1. The fourth-order valence-electron chi connectivity index (χ4n) is 1.88. The van der Waals surface area contributed by atoms with Crippen LogP contribution in [0.15, 0.2) is 12.7 Å². The summed E-state index contributed by atoms with van der Waals surface area (Å²) in [6, 6.07) is 0. The Morgan fingerprint density at radius 1 is 1.42 bits per heavy atom. The van der Waals surface area contributed by atoms with Crippen molar-refractivity contribution in [3.05, 3.63) is 12.7 Å². The number of carbonyl (C=O) groups is 1. The predicted octanol–water partition coefficient (Wildman–Crippen LogP) is 0.412. The van der Waals surface area contributed by atoms with E-state index in [-0.39, 0.29) is 18.3 Å². The summed E-state index contributed by atoms with van der Waals surface area (Å²) >= 11 is 0. The van der Waals surface area contributed by atoms with Crippen molar-refractivity contribution in [1.29, 1.82) is 0 Å². The Bertz CT molecular complexity index is 246. The van der Waals surface area contributed by atoms with Crippen LogP contribution in [0.2, 0.25) is 0 Å². The van der Waals surface area contributed by atoms with E-state index in [1.54, 1.807) is 6.08 Å². The highest BCUT2D eigenvalue weighted by Gasteiger charge is 2.09. The summed E-state index contributed by atoms with van der Waals surface area (Å²) in [7, 11) is 0. The Morgan fingerprint density at radius 2 is 2.16 bits per heavy atom. The third-order valence-corrected chi connectivity index (χ3v) is 2.89. The Morgan fingerprint density at radius 3 is 2.84 bits per heavy atom. The van der Waals surface area contributed by atoms with E-state index in [2.05, 4.69) is 22.1 Å². The molecular formula is C13H26ClN3O2. The largest absolute Gasteiger partial charge is 0.377 e. The zero-order valence-electron chi connectivity index (χ0n) is 11.5. The van der Waals surface area contributed by atoms with Crippen LogP contribution in [0.3, 0.4) is 0 Å². The maximum atomic E-state index is 11.5. The number of piperazine rings is 1. The van der Waals surface area contributed by atoms with Gasteiger partial charge in [0.25, 0.3) is 0 Å². The topological polar surface area (TPSA) is 53.6 Å². The lowest BCUT2D eigenvalue weighted by atomic mass is 10.3. The van der Waals surface area contributed by atoms with Crippen LogP contribution in [0, 0.1) is 0 Å². The maximum Gasteiger partial charge on any atom is 0.220 e. The Kier molecular flexibility index (Phi) is 12.0. The van der Waals surface area contributed by atoms with Crippen LogP contribution in [-0.4, -0.2) is 63.3 Å². The Balaban J connectivity index is 0.00000324. The average Bonchev–Trinajstić information content (AvgIpc) is 2.40. The van der Waals surface area contributed by atoms with Crippen LogP contribution in [-0.2, 0) is 9.53 Å². The molecule has 2 N–H and O–H groups in total. The number of carbonyl (C=O) groups excluding carboxylic acids is 1. The van der Waals surface area contributed by atoms with Crippen molar-refractivity contribution in [3.63, 3.8) is 0 Å². The van der Waals surface area contributed by atoms with Gasteiger partial charge in [-0.05, 0) is 6.42 Å². The minimum absolute atomic E-state index is 0. The lowest BCUT2D eigenvalue weighted by Gasteiger charge is -2.27. The van der Waals surface area contributed by atoms with Gasteiger partial charge in [-0.1, -0.05) is 6.08 Å². The Labute approximate surface area is 122 Å². The molecule has 0 bridgehead atoms. The molecule has 1 aliphatic heterocycles. The molecule has 0 saturated carbocycles. The normalized spacial score (nSPS) is 15.6. The lowest BCUT2D eigenvalue weighted by molar-refractivity contribution is -0.121. The molecule has 0 spiro atoms. The van der Waals surface area contributed by atoms with Crippen LogP contribution in [0.5, 0.6) is 0 Å². The van der Waals surface area contributed by atoms with Crippen molar-refractivity contribution in [2.24, 2.45) is 0 Å². The first kappa shape index (κ1) is 18.4. The smallest absolute Gasteiger partial charge is 0.220 e. The molecule has 1 amide bonds. The van der Waals surface area contributed by atoms with Gasteiger partial charge in [0.2, 0.25) is 5.91 Å². The average molecular weight is 292 g/mol. The van der Waals surface area contributed by atoms with Gasteiger partial charge < -0.3 is 15.4 Å². The second-order valence-electron chi connectivity index (χ2n) is 4.41. The molecule has 1 fully saturated rings. The number of nitrogens with zero attached hydrogens (tertiary/aromatic N) is 1. The number of rotatable bonds is 9. The van der Waals surface area contributed by atoms with Gasteiger partial charge in [-0.25, -0.2) is 0 Å². The number of nitrogens with one attached hydrogen (secondary N) is 2. The third-order valence-electron chi connectivity index (χ3n) is 2.89. The van der Waals surface area contributed by atoms with E-state index >= 15 is 0 Å². The van der Waals surface area contributed by atoms with E-state index in [0.29, 0.717) is 19.6 Å². The first-order valence-corrected chi connectivity index (χ1v) is 6.71. The number of halogens is 1. The molecule has 0 unspecified atom stereocenters. The second kappa shape index (κ2) is 12.4. The van der Waals surface area contributed by atoms with Crippen molar-refractivity contribution in [1.82, 2.24) is 15.5 Å². The highest BCUT2D eigenvalue weighted by atomic mass is 35.5. The summed E-state index contributed by atoms with van der Waals surface area (Å²) in [5.41, 5.74) is 0. The minimum Gasteiger partial charge on any atom is -0.377 e. The van der Waals surface area contributed by atoms with Crippen molar-refractivity contribution in [3.8, 4) is 0 Å². The van der Waals surface area contributed by atoms with E-state index in [9.17, 15) is 4.79 Å². The molecule has 0 radical (unpaired) electrons. The molecule has 1 heterocycles. The van der Waals surface area contributed by atoms with Crippen LogP contribution >= 0.6 is 12.4 Å². The van der Waals surface area contributed by atoms with Gasteiger partial charge >= 0.3 is 0 Å². The van der Waals surface area contributed by atoms with Crippen molar-refractivity contribution in [2.75, 3.05) is 52.5 Å². The first-order valence-electron chi connectivity index (χ1n) is 6.71. The van der Waals surface area contributed by atoms with Crippen molar-refractivity contribution < 1.29 is 9.53 Å². The molecular weight excluding hydrogens is 266 g/mol. The summed E-state index contributed by atoms with van der Waals surface area (Å²) in [4.78, 5) is 13.9. The second-order valence-corrected chi connectivity index (χ2v) is 4.41. The summed E-state index contributed by atoms with van der Waals surface area (Å²) < 4.78 is 5.22. The summed E-state index contributed by atoms with van der Waals surface area (Å²) in [6.45, 7) is 10.7. The SMILES string of the molecule is C=CCOCCCC(=O)NCCN1CCNCC1.Cl. The number of amides is 1. The van der Waals surface area contributed by atoms with Crippen LogP contribution in [0.1, 0.15) is 12.8 Å². The standard InChI is InChI=1S/C13H25N3O2.ClH/c1-2-11-18-12-3-4-13(17)15-7-10-16-8-5-14-6-9-16;/h2,14H,1,3-12H2,(H,15,17);1H. The fraction of sp³-hybridized carbons (Fsp3) is 0.769. The molecule has 1 aliphatic rings. The van der Waals surface area contributed by atoms with E-state index < -0.39 is 0 Å². The zero-order valence-corrected chi connectivity index (χ0v) is 12.3. The summed E-state index contributed by atoms with van der Waals surface area (Å²) in [5.74, 6) is 0.118. The van der Waals surface area contributed by atoms with Crippen LogP contribution in [0.25, 0.3) is 0 Å². The Hall–Kier alpha value is -0.620. The molecule has 112 valence electrons. The minimum atomic E-state index is 0. The van der Waals surface area contributed by atoms with E-state index in [1.807, 2.05) is 0 Å². The van der Waals surface area contributed by atoms with Gasteiger partial charge in [-0.15, -0.1) is 19.0 Å². The van der Waals surface area contributed by atoms with Gasteiger partial charge in [0.15, 0.2) is 0 Å². The molecule has 0 atom stereocenters. The van der Waals surface area contributed by atoms with Crippen molar-refractivity contribution >= 4 is 18.3 Å². The van der Waals surface area contributed by atoms with Crippen LogP contribution < -0.4 is 10.6 Å². The fourth-order valence-corrected chi connectivity index (χ4v) is 1.88. The molecule has 0 aromatic rings. The molecule has 6 heteroatoms. The summed E-state index contributed by atoms with van der Waals surface area (Å²) in [5, 5.41) is 6.25. The van der Waals surface area contributed by atoms with Gasteiger partial charge in [0, 0.05) is 52.3 Å². The quantitative estimate of drug-likeness (QED) is 0.477. The van der Waals surface area contributed by atoms with E-state index in [0.717, 1.165) is 45.7 Å². The van der Waals surface area contributed by atoms with E-state index in [1.165, 1.54) is 0 Å². The van der Waals surface area contributed by atoms with Gasteiger partial charge in [0.05, 0.1) is 6.61 Å². The van der Waals surface area contributed by atoms with Crippen LogP contribution in [0.4, 0.5) is 0 Å². The highest BCUT2D eigenvalue weighted by Crippen LogP contribution is 1.92. The van der Waals surface area contributed by atoms with Crippen molar-refractivity contribution in [2.45, 2.75) is 12.8 Å². The van der Waals surface area contributed by atoms with Gasteiger partial charge in [-0.3, -0.25) is 9.69 Å². The zero-order chi connectivity index (χ0) is 13.1. The molecule has 0 aliphatic carbocycles. The molecule has 0 aromatic heterocycles. The first-order chi connectivity index (χ1) is 8.83. The highest BCUT2D eigenvalue weighted by molar-refractivity contribution is 5.85. The monoisotopic (exact) mass is 291 g/mol. The number of hydrogen-bond donors (Lipinski definition) is 2. The van der Waals surface area contributed by atoms with Gasteiger partial charge in [-0.2, -0.15) is 0 Å². The molecule has 5 nitrogen and oxygen atoms in total. The molecule has 19 heavy (non-hydrogen) atoms. The van der Waals surface area contributed by atoms with E-state index in [4.69, 9.17) is 4.74 Å².